The highest BCUT2D eigenvalue weighted by Crippen LogP contribution is 2.40. The molecule has 0 heterocycles. The van der Waals surface area contributed by atoms with Crippen LogP contribution < -0.4 is 0 Å². The van der Waals surface area contributed by atoms with Gasteiger partial charge in [0.25, 0.3) is 0 Å². The summed E-state index contributed by atoms with van der Waals surface area (Å²) in [6.07, 6.45) is 8.39. The first kappa shape index (κ1) is 14.1. The predicted octanol–water partition coefficient (Wildman–Crippen LogP) is 4.41. The molecule has 0 aromatic heterocycles. The Hall–Kier alpha value is -0.300. The van der Waals surface area contributed by atoms with E-state index in [1.807, 2.05) is 0 Å². The number of hydrogen-bond acceptors (Lipinski definition) is 1. The highest BCUT2D eigenvalue weighted by molar-refractivity contribution is 5.07. The fourth-order valence-electron chi connectivity index (χ4n) is 4.14. The second-order valence-corrected chi connectivity index (χ2v) is 7.21. The average molecular weight is 250 g/mol. The van der Waals surface area contributed by atoms with Gasteiger partial charge in [-0.25, -0.2) is 0 Å². The van der Waals surface area contributed by atoms with E-state index in [9.17, 15) is 5.11 Å². The molecule has 6 unspecified atom stereocenters. The zero-order valence-electron chi connectivity index (χ0n) is 12.5. The standard InChI is InChI=1S/C17H30O/c1-11-7-12(2)9-16(8-11)17(18)15-6-5-13(3)14(4)10-15/h7,11,13-18H,5-6,8-10H2,1-4H3. The minimum Gasteiger partial charge on any atom is -0.393 e. The van der Waals surface area contributed by atoms with E-state index in [1.54, 1.807) is 0 Å². The van der Waals surface area contributed by atoms with Crippen molar-refractivity contribution >= 4 is 0 Å². The molecule has 0 bridgehead atoms. The van der Waals surface area contributed by atoms with E-state index in [4.69, 9.17) is 0 Å². The first-order valence-corrected chi connectivity index (χ1v) is 7.82. The van der Waals surface area contributed by atoms with Crippen LogP contribution in [0.3, 0.4) is 0 Å². The summed E-state index contributed by atoms with van der Waals surface area (Å²) in [6, 6.07) is 0. The SMILES string of the molecule is CC1=CC(C)CC(C(O)C2CCC(C)C(C)C2)C1. The van der Waals surface area contributed by atoms with Gasteiger partial charge in [-0.3, -0.25) is 0 Å². The van der Waals surface area contributed by atoms with Gasteiger partial charge >= 0.3 is 0 Å². The molecule has 1 N–H and O–H groups in total. The van der Waals surface area contributed by atoms with Crippen molar-refractivity contribution in [3.8, 4) is 0 Å². The smallest absolute Gasteiger partial charge is 0.0599 e. The molecular weight excluding hydrogens is 220 g/mol. The van der Waals surface area contributed by atoms with Crippen LogP contribution in [-0.2, 0) is 0 Å². The van der Waals surface area contributed by atoms with Crippen molar-refractivity contribution in [2.45, 2.75) is 65.9 Å². The molecule has 0 aromatic carbocycles. The van der Waals surface area contributed by atoms with Crippen LogP contribution in [0.4, 0.5) is 0 Å². The molecule has 1 nitrogen and oxygen atoms in total. The summed E-state index contributed by atoms with van der Waals surface area (Å²) in [5, 5.41) is 10.7. The van der Waals surface area contributed by atoms with Crippen LogP contribution in [0.5, 0.6) is 0 Å². The normalized spacial score (nSPS) is 43.4. The minimum absolute atomic E-state index is 0.0638. The van der Waals surface area contributed by atoms with Crippen LogP contribution in [0.25, 0.3) is 0 Å². The highest BCUT2D eigenvalue weighted by Gasteiger charge is 2.34. The predicted molar refractivity (Wildman–Crippen MR) is 77.3 cm³/mol. The summed E-state index contributed by atoms with van der Waals surface area (Å²) in [6.45, 7) is 9.23. The largest absolute Gasteiger partial charge is 0.393 e. The molecule has 2 aliphatic rings. The monoisotopic (exact) mass is 250 g/mol. The van der Waals surface area contributed by atoms with Gasteiger partial charge in [0.1, 0.15) is 0 Å². The molecule has 1 heteroatoms. The second-order valence-electron chi connectivity index (χ2n) is 7.21. The molecule has 1 fully saturated rings. The molecule has 0 aliphatic heterocycles. The van der Waals surface area contributed by atoms with Crippen molar-refractivity contribution in [1.29, 1.82) is 0 Å². The number of allylic oxidation sites excluding steroid dienone is 2. The van der Waals surface area contributed by atoms with Crippen LogP contribution in [0.15, 0.2) is 11.6 Å². The molecule has 0 spiro atoms. The van der Waals surface area contributed by atoms with Crippen molar-refractivity contribution < 1.29 is 5.11 Å². The maximum Gasteiger partial charge on any atom is 0.0599 e. The van der Waals surface area contributed by atoms with E-state index in [-0.39, 0.29) is 6.10 Å². The molecule has 2 aliphatic carbocycles. The third-order valence-electron chi connectivity index (χ3n) is 5.43. The van der Waals surface area contributed by atoms with E-state index < -0.39 is 0 Å². The summed E-state index contributed by atoms with van der Waals surface area (Å²) in [5.74, 6) is 3.35. The van der Waals surface area contributed by atoms with Gasteiger partial charge in [-0.05, 0) is 62.2 Å². The van der Waals surface area contributed by atoms with E-state index in [2.05, 4.69) is 33.8 Å². The van der Waals surface area contributed by atoms with Crippen LogP contribution >= 0.6 is 0 Å². The van der Waals surface area contributed by atoms with Crippen molar-refractivity contribution in [2.75, 3.05) is 0 Å². The van der Waals surface area contributed by atoms with Gasteiger partial charge in [-0.15, -0.1) is 0 Å². The summed E-state index contributed by atoms with van der Waals surface area (Å²) in [4.78, 5) is 0. The van der Waals surface area contributed by atoms with Gasteiger partial charge in [0.2, 0.25) is 0 Å². The lowest BCUT2D eigenvalue weighted by Crippen LogP contribution is -2.36. The average Bonchev–Trinajstić information content (AvgIpc) is 2.30. The van der Waals surface area contributed by atoms with Crippen molar-refractivity contribution in [3.63, 3.8) is 0 Å². The lowest BCUT2D eigenvalue weighted by atomic mass is 9.69. The Kier molecular flexibility index (Phi) is 4.53. The van der Waals surface area contributed by atoms with E-state index in [0.717, 1.165) is 18.3 Å². The molecule has 6 atom stereocenters. The van der Waals surface area contributed by atoms with Gasteiger partial charge in [0.15, 0.2) is 0 Å². The van der Waals surface area contributed by atoms with Gasteiger partial charge in [-0.1, -0.05) is 38.8 Å². The molecule has 18 heavy (non-hydrogen) atoms. The van der Waals surface area contributed by atoms with Crippen molar-refractivity contribution in [3.05, 3.63) is 11.6 Å². The van der Waals surface area contributed by atoms with E-state index >= 15 is 0 Å². The molecule has 0 saturated heterocycles. The fraction of sp³-hybridized carbons (Fsp3) is 0.882. The zero-order chi connectivity index (χ0) is 13.3. The Balaban J connectivity index is 1.95. The molecule has 0 radical (unpaired) electrons. The number of hydrogen-bond donors (Lipinski definition) is 1. The fourth-order valence-corrected chi connectivity index (χ4v) is 4.14. The Morgan fingerprint density at radius 2 is 1.78 bits per heavy atom. The highest BCUT2D eigenvalue weighted by atomic mass is 16.3. The van der Waals surface area contributed by atoms with Gasteiger partial charge in [0, 0.05) is 0 Å². The summed E-state index contributed by atoms with van der Waals surface area (Å²) in [7, 11) is 0. The van der Waals surface area contributed by atoms with E-state index in [0.29, 0.717) is 17.8 Å². The molecule has 0 amide bonds. The summed E-state index contributed by atoms with van der Waals surface area (Å²) in [5.41, 5.74) is 1.48. The Bertz CT molecular complexity index is 307. The third-order valence-corrected chi connectivity index (χ3v) is 5.43. The lowest BCUT2D eigenvalue weighted by molar-refractivity contribution is 0.00645. The van der Waals surface area contributed by atoms with Crippen LogP contribution in [0, 0.1) is 29.6 Å². The second kappa shape index (κ2) is 5.77. The van der Waals surface area contributed by atoms with Crippen LogP contribution in [-0.4, -0.2) is 11.2 Å². The Morgan fingerprint density at radius 3 is 2.39 bits per heavy atom. The first-order chi connectivity index (χ1) is 8.47. The maximum atomic E-state index is 10.7. The van der Waals surface area contributed by atoms with Gasteiger partial charge in [0.05, 0.1) is 6.10 Å². The quantitative estimate of drug-likeness (QED) is 0.720. The molecule has 104 valence electrons. The number of rotatable bonds is 2. The first-order valence-electron chi connectivity index (χ1n) is 7.82. The lowest BCUT2D eigenvalue weighted by Gasteiger charge is -2.39. The molecule has 1 saturated carbocycles. The van der Waals surface area contributed by atoms with E-state index in [1.165, 1.54) is 31.3 Å². The summed E-state index contributed by atoms with van der Waals surface area (Å²) >= 11 is 0. The number of aliphatic hydroxyl groups excluding tert-OH is 1. The van der Waals surface area contributed by atoms with Crippen molar-refractivity contribution in [2.24, 2.45) is 29.6 Å². The van der Waals surface area contributed by atoms with Gasteiger partial charge in [-0.2, -0.15) is 0 Å². The Morgan fingerprint density at radius 1 is 1.06 bits per heavy atom. The topological polar surface area (TPSA) is 20.2 Å². The molecular formula is C17H30O. The zero-order valence-corrected chi connectivity index (χ0v) is 12.5. The number of aliphatic hydroxyl groups is 1. The van der Waals surface area contributed by atoms with Gasteiger partial charge < -0.3 is 5.11 Å². The Labute approximate surface area is 113 Å². The molecule has 0 aromatic rings. The van der Waals surface area contributed by atoms with Crippen LogP contribution in [0.1, 0.15) is 59.8 Å². The maximum absolute atomic E-state index is 10.7. The third kappa shape index (κ3) is 3.17. The minimum atomic E-state index is -0.0638. The van der Waals surface area contributed by atoms with Crippen LogP contribution in [0.2, 0.25) is 0 Å². The van der Waals surface area contributed by atoms with Crippen molar-refractivity contribution in [1.82, 2.24) is 0 Å². The summed E-state index contributed by atoms with van der Waals surface area (Å²) < 4.78 is 0. The molecule has 2 rings (SSSR count).